The van der Waals surface area contributed by atoms with E-state index in [1.807, 2.05) is 35.2 Å². The van der Waals surface area contributed by atoms with E-state index >= 15 is 0 Å². The monoisotopic (exact) mass is 420 g/mol. The molecule has 0 unspecified atom stereocenters. The molecule has 8 nitrogen and oxygen atoms in total. The van der Waals surface area contributed by atoms with Crippen molar-refractivity contribution in [1.29, 1.82) is 0 Å². The van der Waals surface area contributed by atoms with Gasteiger partial charge in [0.15, 0.2) is 6.61 Å². The molecule has 0 radical (unpaired) electrons. The summed E-state index contributed by atoms with van der Waals surface area (Å²) >= 11 is 0. The predicted molar refractivity (Wildman–Crippen MR) is 114 cm³/mol. The Morgan fingerprint density at radius 1 is 1.03 bits per heavy atom. The number of likely N-dealkylation sites (tertiary alicyclic amines) is 1. The minimum Gasteiger partial charge on any atom is -0.484 e. The number of hydrogen-bond acceptors (Lipinski definition) is 6. The van der Waals surface area contributed by atoms with Gasteiger partial charge in [0, 0.05) is 43.2 Å². The maximum atomic E-state index is 12.3. The highest BCUT2D eigenvalue weighted by molar-refractivity contribution is 5.91. The van der Waals surface area contributed by atoms with E-state index in [1.54, 1.807) is 24.3 Å². The highest BCUT2D eigenvalue weighted by atomic mass is 16.5. The second kappa shape index (κ2) is 9.88. The van der Waals surface area contributed by atoms with Crippen molar-refractivity contribution >= 4 is 17.5 Å². The summed E-state index contributed by atoms with van der Waals surface area (Å²) in [6.07, 6.45) is 2.63. The summed E-state index contributed by atoms with van der Waals surface area (Å²) in [7, 11) is 0. The van der Waals surface area contributed by atoms with Gasteiger partial charge in [-0.05, 0) is 37.1 Å². The second-order valence-corrected chi connectivity index (χ2v) is 7.32. The molecule has 2 heterocycles. The van der Waals surface area contributed by atoms with Gasteiger partial charge >= 0.3 is 0 Å². The number of aromatic nitrogens is 2. The normalized spacial score (nSPS) is 13.2. The summed E-state index contributed by atoms with van der Waals surface area (Å²) in [5.41, 5.74) is 1.44. The summed E-state index contributed by atoms with van der Waals surface area (Å²) in [5.74, 6) is 1.19. The molecule has 1 N–H and O–H groups in total. The Bertz CT molecular complexity index is 1030. The van der Waals surface area contributed by atoms with Gasteiger partial charge in [0.2, 0.25) is 17.7 Å². The maximum absolute atomic E-state index is 12.3. The van der Waals surface area contributed by atoms with Crippen LogP contribution in [0.2, 0.25) is 0 Å². The van der Waals surface area contributed by atoms with Gasteiger partial charge < -0.3 is 19.4 Å². The number of rotatable bonds is 8. The molecule has 160 valence electrons. The molecule has 0 atom stereocenters. The number of hydrogen-bond donors (Lipinski definition) is 1. The van der Waals surface area contributed by atoms with E-state index in [2.05, 4.69) is 15.5 Å². The molecule has 1 aliphatic heterocycles. The molecule has 3 aromatic rings. The lowest BCUT2D eigenvalue weighted by Crippen LogP contribution is -2.32. The molecule has 2 amide bonds. The molecule has 4 rings (SSSR count). The smallest absolute Gasteiger partial charge is 0.260 e. The molecule has 31 heavy (non-hydrogen) atoms. The topological polar surface area (TPSA) is 97.6 Å². The van der Waals surface area contributed by atoms with Crippen LogP contribution in [0.5, 0.6) is 5.75 Å². The SMILES string of the molecule is O=C(CCc1nnc(-c2ccccc2)o1)Nc1cccc(OCC(=O)N2CCCC2)c1. The van der Waals surface area contributed by atoms with E-state index in [4.69, 9.17) is 9.15 Å². The number of benzene rings is 2. The number of aryl methyl sites for hydroxylation is 1. The third-order valence-electron chi connectivity index (χ3n) is 4.99. The van der Waals surface area contributed by atoms with Gasteiger partial charge in [0.25, 0.3) is 5.91 Å². The highest BCUT2D eigenvalue weighted by Gasteiger charge is 2.18. The van der Waals surface area contributed by atoms with Gasteiger partial charge in [-0.3, -0.25) is 9.59 Å². The lowest BCUT2D eigenvalue weighted by molar-refractivity contribution is -0.132. The van der Waals surface area contributed by atoms with Gasteiger partial charge in [-0.25, -0.2) is 0 Å². The minimum atomic E-state index is -0.176. The molecule has 0 bridgehead atoms. The zero-order valence-corrected chi connectivity index (χ0v) is 17.1. The third-order valence-corrected chi connectivity index (χ3v) is 4.99. The van der Waals surface area contributed by atoms with E-state index in [0.717, 1.165) is 31.5 Å². The first-order valence-electron chi connectivity index (χ1n) is 10.4. The van der Waals surface area contributed by atoms with Crippen LogP contribution in [-0.4, -0.2) is 46.6 Å². The molecular formula is C23H24N4O4. The van der Waals surface area contributed by atoms with Crippen molar-refractivity contribution in [3.05, 3.63) is 60.5 Å². The van der Waals surface area contributed by atoms with Crippen LogP contribution in [0.4, 0.5) is 5.69 Å². The predicted octanol–water partition coefficient (Wildman–Crippen LogP) is 3.31. The number of nitrogens with one attached hydrogen (secondary N) is 1. The molecule has 1 aromatic heterocycles. The average Bonchev–Trinajstić information content (AvgIpc) is 3.49. The van der Waals surface area contributed by atoms with Gasteiger partial charge in [-0.1, -0.05) is 24.3 Å². The van der Waals surface area contributed by atoms with Crippen molar-refractivity contribution in [2.45, 2.75) is 25.7 Å². The van der Waals surface area contributed by atoms with Crippen molar-refractivity contribution in [3.63, 3.8) is 0 Å². The van der Waals surface area contributed by atoms with Crippen LogP contribution in [0.25, 0.3) is 11.5 Å². The number of carbonyl (C=O) groups is 2. The van der Waals surface area contributed by atoms with Crippen LogP contribution in [0, 0.1) is 0 Å². The summed E-state index contributed by atoms with van der Waals surface area (Å²) in [5, 5.41) is 10.9. The van der Waals surface area contributed by atoms with E-state index in [9.17, 15) is 9.59 Å². The third kappa shape index (κ3) is 5.69. The largest absolute Gasteiger partial charge is 0.484 e. The number of nitrogens with zero attached hydrogens (tertiary/aromatic N) is 3. The molecule has 0 aliphatic carbocycles. The van der Waals surface area contributed by atoms with Gasteiger partial charge in [-0.2, -0.15) is 0 Å². The molecule has 0 spiro atoms. The van der Waals surface area contributed by atoms with Gasteiger partial charge in [0.1, 0.15) is 5.75 Å². The molecular weight excluding hydrogens is 396 g/mol. The van der Waals surface area contributed by atoms with Crippen molar-refractivity contribution < 1.29 is 18.7 Å². The number of ether oxygens (including phenoxy) is 1. The van der Waals surface area contributed by atoms with E-state index < -0.39 is 0 Å². The number of amides is 2. The Hall–Kier alpha value is -3.68. The molecule has 8 heteroatoms. The molecule has 1 fully saturated rings. The van der Waals surface area contributed by atoms with Crippen LogP contribution in [-0.2, 0) is 16.0 Å². The average molecular weight is 420 g/mol. The summed E-state index contributed by atoms with van der Waals surface area (Å²) in [6, 6.07) is 16.5. The standard InChI is InChI=1S/C23H24N4O4/c28-20(11-12-21-25-26-23(31-21)17-7-2-1-3-8-17)24-18-9-6-10-19(15-18)30-16-22(29)27-13-4-5-14-27/h1-3,6-10,15H,4-5,11-14,16H2,(H,24,28). The lowest BCUT2D eigenvalue weighted by atomic mass is 10.2. The fourth-order valence-corrected chi connectivity index (χ4v) is 3.36. The first-order chi connectivity index (χ1) is 15.2. The number of anilines is 1. The Labute approximate surface area is 180 Å². The van der Waals surface area contributed by atoms with E-state index in [-0.39, 0.29) is 24.8 Å². The number of carbonyl (C=O) groups excluding carboxylic acids is 2. The quantitative estimate of drug-likeness (QED) is 0.600. The summed E-state index contributed by atoms with van der Waals surface area (Å²) < 4.78 is 11.2. The molecule has 0 saturated carbocycles. The van der Waals surface area contributed by atoms with E-state index in [0.29, 0.717) is 29.6 Å². The Morgan fingerprint density at radius 3 is 2.65 bits per heavy atom. The van der Waals surface area contributed by atoms with Crippen molar-refractivity contribution in [2.75, 3.05) is 25.0 Å². The fourth-order valence-electron chi connectivity index (χ4n) is 3.36. The van der Waals surface area contributed by atoms with E-state index in [1.165, 1.54) is 0 Å². The minimum absolute atomic E-state index is 0.00168. The Morgan fingerprint density at radius 2 is 1.84 bits per heavy atom. The Balaban J connectivity index is 1.25. The Kier molecular flexibility index (Phi) is 6.56. The highest BCUT2D eigenvalue weighted by Crippen LogP contribution is 2.20. The van der Waals surface area contributed by atoms with Crippen molar-refractivity contribution in [3.8, 4) is 17.2 Å². The van der Waals surface area contributed by atoms with Gasteiger partial charge in [-0.15, -0.1) is 10.2 Å². The van der Waals surface area contributed by atoms with Crippen LogP contribution in [0.15, 0.2) is 59.0 Å². The first kappa shape index (κ1) is 20.6. The summed E-state index contributed by atoms with van der Waals surface area (Å²) in [6.45, 7) is 1.59. The molecule has 2 aromatic carbocycles. The lowest BCUT2D eigenvalue weighted by Gasteiger charge is -2.15. The maximum Gasteiger partial charge on any atom is 0.260 e. The zero-order chi connectivity index (χ0) is 21.5. The summed E-state index contributed by atoms with van der Waals surface area (Å²) in [4.78, 5) is 26.2. The fraction of sp³-hybridized carbons (Fsp3) is 0.304. The van der Waals surface area contributed by atoms with Crippen molar-refractivity contribution in [2.24, 2.45) is 0 Å². The van der Waals surface area contributed by atoms with Crippen LogP contribution in [0.3, 0.4) is 0 Å². The van der Waals surface area contributed by atoms with Crippen LogP contribution < -0.4 is 10.1 Å². The first-order valence-corrected chi connectivity index (χ1v) is 10.4. The zero-order valence-electron chi connectivity index (χ0n) is 17.1. The second-order valence-electron chi connectivity index (χ2n) is 7.32. The molecule has 1 aliphatic rings. The van der Waals surface area contributed by atoms with Crippen molar-refractivity contribution in [1.82, 2.24) is 15.1 Å². The van der Waals surface area contributed by atoms with Crippen LogP contribution >= 0.6 is 0 Å². The van der Waals surface area contributed by atoms with Gasteiger partial charge in [0.05, 0.1) is 0 Å². The van der Waals surface area contributed by atoms with Crippen LogP contribution in [0.1, 0.15) is 25.2 Å². The molecule has 1 saturated heterocycles.